The first kappa shape index (κ1) is 22.6. The van der Waals surface area contributed by atoms with Crippen LogP contribution in [0.1, 0.15) is 25.0 Å². The number of carboxylic acids is 2. The third-order valence-electron chi connectivity index (χ3n) is 3.63. The minimum absolute atomic E-state index is 0.0765. The molecule has 1 aromatic rings. The van der Waals surface area contributed by atoms with E-state index in [0.717, 1.165) is 0 Å². The second-order valence-corrected chi connectivity index (χ2v) is 5.95. The standard InChI is InChI=1S/C15H22N6O7/c16-8(3-7-5-18-6-19-7)13(25)21-10(4-11(17)22)14(26)20-9(15(27)28)1-2-12(23)24/h5-6,8-10H,1-4,16H2,(H2,17,22)(H,18,19)(H,20,26)(H,21,25)(H,23,24)(H,27,28). The molecule has 0 saturated heterocycles. The Bertz CT molecular complexity index is 720. The fraction of sp³-hybridized carbons (Fsp3) is 0.467. The normalized spacial score (nSPS) is 13.8. The third kappa shape index (κ3) is 7.82. The molecule has 9 N–H and O–H groups in total. The van der Waals surface area contributed by atoms with Gasteiger partial charge in [0.15, 0.2) is 0 Å². The number of primary amides is 1. The molecule has 0 aliphatic carbocycles. The van der Waals surface area contributed by atoms with E-state index in [1.807, 2.05) is 0 Å². The van der Waals surface area contributed by atoms with E-state index in [1.165, 1.54) is 12.5 Å². The van der Waals surface area contributed by atoms with E-state index in [0.29, 0.717) is 5.69 Å². The number of aromatic nitrogens is 2. The van der Waals surface area contributed by atoms with Gasteiger partial charge in [-0.15, -0.1) is 0 Å². The largest absolute Gasteiger partial charge is 0.481 e. The zero-order valence-corrected chi connectivity index (χ0v) is 14.8. The quantitative estimate of drug-likeness (QED) is 0.191. The first-order chi connectivity index (χ1) is 13.1. The maximum atomic E-state index is 12.3. The molecular weight excluding hydrogens is 376 g/mol. The number of nitrogens with zero attached hydrogens (tertiary/aromatic N) is 1. The van der Waals surface area contributed by atoms with Crippen molar-refractivity contribution in [2.24, 2.45) is 11.5 Å². The number of hydrogen-bond acceptors (Lipinski definition) is 7. The predicted octanol–water partition coefficient (Wildman–Crippen LogP) is -2.93. The van der Waals surface area contributed by atoms with Crippen LogP contribution in [0.4, 0.5) is 0 Å². The van der Waals surface area contributed by atoms with Crippen LogP contribution < -0.4 is 22.1 Å². The van der Waals surface area contributed by atoms with Gasteiger partial charge in [-0.1, -0.05) is 0 Å². The van der Waals surface area contributed by atoms with E-state index in [1.54, 1.807) is 0 Å². The smallest absolute Gasteiger partial charge is 0.326 e. The summed E-state index contributed by atoms with van der Waals surface area (Å²) in [5, 5.41) is 22.1. The van der Waals surface area contributed by atoms with E-state index < -0.39 is 60.6 Å². The lowest BCUT2D eigenvalue weighted by Crippen LogP contribution is -2.55. The number of hydrogen-bond donors (Lipinski definition) is 7. The van der Waals surface area contributed by atoms with Crippen molar-refractivity contribution < 1.29 is 34.2 Å². The Morgan fingerprint density at radius 2 is 1.75 bits per heavy atom. The van der Waals surface area contributed by atoms with Crippen molar-refractivity contribution in [1.82, 2.24) is 20.6 Å². The summed E-state index contributed by atoms with van der Waals surface area (Å²) in [6.45, 7) is 0. The lowest BCUT2D eigenvalue weighted by atomic mass is 10.1. The number of rotatable bonds is 12. The van der Waals surface area contributed by atoms with Gasteiger partial charge in [0.1, 0.15) is 12.1 Å². The maximum absolute atomic E-state index is 12.3. The van der Waals surface area contributed by atoms with Gasteiger partial charge in [-0.25, -0.2) is 9.78 Å². The highest BCUT2D eigenvalue weighted by Crippen LogP contribution is 2.02. The van der Waals surface area contributed by atoms with Gasteiger partial charge < -0.3 is 37.3 Å². The molecule has 1 rings (SSSR count). The zero-order chi connectivity index (χ0) is 21.3. The van der Waals surface area contributed by atoms with Gasteiger partial charge >= 0.3 is 11.9 Å². The third-order valence-corrected chi connectivity index (χ3v) is 3.63. The Hall–Kier alpha value is -3.48. The topological polar surface area (TPSA) is 231 Å². The number of carboxylic acid groups (broad SMARTS) is 2. The SMILES string of the molecule is NC(=O)CC(NC(=O)C(N)Cc1cnc[nH]1)C(=O)NC(CCC(=O)O)C(=O)O. The average molecular weight is 398 g/mol. The van der Waals surface area contributed by atoms with Crippen LogP contribution in [0.3, 0.4) is 0 Å². The minimum Gasteiger partial charge on any atom is -0.481 e. The Morgan fingerprint density at radius 3 is 2.25 bits per heavy atom. The van der Waals surface area contributed by atoms with Crippen molar-refractivity contribution in [3.63, 3.8) is 0 Å². The molecule has 154 valence electrons. The summed E-state index contributed by atoms with van der Waals surface area (Å²) in [4.78, 5) is 64.0. The summed E-state index contributed by atoms with van der Waals surface area (Å²) in [7, 11) is 0. The second kappa shape index (κ2) is 10.6. The lowest BCUT2D eigenvalue weighted by Gasteiger charge is -2.21. The molecule has 0 radical (unpaired) electrons. The lowest BCUT2D eigenvalue weighted by molar-refractivity contribution is -0.143. The Morgan fingerprint density at radius 1 is 1.11 bits per heavy atom. The summed E-state index contributed by atoms with van der Waals surface area (Å²) < 4.78 is 0. The number of nitrogens with two attached hydrogens (primary N) is 2. The van der Waals surface area contributed by atoms with Gasteiger partial charge in [-0.3, -0.25) is 19.2 Å². The van der Waals surface area contributed by atoms with Crippen molar-refractivity contribution >= 4 is 29.7 Å². The van der Waals surface area contributed by atoms with Crippen LogP contribution in [0.15, 0.2) is 12.5 Å². The predicted molar refractivity (Wildman–Crippen MR) is 92.4 cm³/mol. The minimum atomic E-state index is -1.52. The van der Waals surface area contributed by atoms with Gasteiger partial charge in [0.05, 0.1) is 18.8 Å². The summed E-state index contributed by atoms with van der Waals surface area (Å²) in [5.41, 5.74) is 11.4. The molecule has 3 unspecified atom stereocenters. The van der Waals surface area contributed by atoms with Crippen LogP contribution in [0.5, 0.6) is 0 Å². The highest BCUT2D eigenvalue weighted by Gasteiger charge is 2.29. The first-order valence-corrected chi connectivity index (χ1v) is 8.16. The highest BCUT2D eigenvalue weighted by atomic mass is 16.4. The molecule has 28 heavy (non-hydrogen) atoms. The molecule has 0 aromatic carbocycles. The van der Waals surface area contributed by atoms with E-state index in [4.69, 9.17) is 21.7 Å². The van der Waals surface area contributed by atoms with Gasteiger partial charge in [0.25, 0.3) is 0 Å². The summed E-state index contributed by atoms with van der Waals surface area (Å²) >= 11 is 0. The van der Waals surface area contributed by atoms with Crippen molar-refractivity contribution in [1.29, 1.82) is 0 Å². The van der Waals surface area contributed by atoms with Crippen molar-refractivity contribution in [3.05, 3.63) is 18.2 Å². The molecule has 0 aliphatic heterocycles. The van der Waals surface area contributed by atoms with Crippen LogP contribution in [-0.2, 0) is 30.4 Å². The number of carbonyl (C=O) groups excluding carboxylic acids is 3. The summed E-state index contributed by atoms with van der Waals surface area (Å²) in [5.74, 6) is -5.39. The fourth-order valence-electron chi connectivity index (χ4n) is 2.21. The first-order valence-electron chi connectivity index (χ1n) is 8.16. The molecule has 0 aliphatic rings. The molecule has 1 aromatic heterocycles. The van der Waals surface area contributed by atoms with Gasteiger partial charge in [-0.2, -0.15) is 0 Å². The number of H-pyrrole nitrogens is 1. The number of aromatic amines is 1. The number of carbonyl (C=O) groups is 5. The van der Waals surface area contributed by atoms with Crippen molar-refractivity contribution in [2.45, 2.75) is 43.8 Å². The molecule has 13 heteroatoms. The Balaban J connectivity index is 2.77. The number of amides is 3. The molecular formula is C15H22N6O7. The molecule has 0 fully saturated rings. The fourth-order valence-corrected chi connectivity index (χ4v) is 2.21. The summed E-state index contributed by atoms with van der Waals surface area (Å²) in [6, 6.07) is -4.06. The molecule has 0 spiro atoms. The number of imidazole rings is 1. The van der Waals surface area contributed by atoms with E-state index in [9.17, 15) is 24.0 Å². The van der Waals surface area contributed by atoms with Crippen LogP contribution in [0.25, 0.3) is 0 Å². The van der Waals surface area contributed by atoms with E-state index in [-0.39, 0.29) is 12.8 Å². The van der Waals surface area contributed by atoms with Crippen molar-refractivity contribution in [3.8, 4) is 0 Å². The van der Waals surface area contributed by atoms with Crippen LogP contribution >= 0.6 is 0 Å². The van der Waals surface area contributed by atoms with E-state index in [2.05, 4.69) is 20.6 Å². The number of nitrogens with one attached hydrogen (secondary N) is 3. The molecule has 13 nitrogen and oxygen atoms in total. The maximum Gasteiger partial charge on any atom is 0.326 e. The molecule has 1 heterocycles. The second-order valence-electron chi connectivity index (χ2n) is 5.95. The molecule has 3 amide bonds. The molecule has 0 bridgehead atoms. The number of aliphatic carboxylic acids is 2. The van der Waals surface area contributed by atoms with E-state index >= 15 is 0 Å². The molecule has 3 atom stereocenters. The average Bonchev–Trinajstić information content (AvgIpc) is 3.09. The zero-order valence-electron chi connectivity index (χ0n) is 14.8. The van der Waals surface area contributed by atoms with Gasteiger partial charge in [0.2, 0.25) is 17.7 Å². The highest BCUT2D eigenvalue weighted by molar-refractivity contribution is 5.94. The summed E-state index contributed by atoms with van der Waals surface area (Å²) in [6.07, 6.45) is 1.45. The van der Waals surface area contributed by atoms with Crippen molar-refractivity contribution in [2.75, 3.05) is 0 Å². The molecule has 0 saturated carbocycles. The van der Waals surface area contributed by atoms with Gasteiger partial charge in [-0.05, 0) is 6.42 Å². The van der Waals surface area contributed by atoms with Gasteiger partial charge in [0, 0.05) is 24.7 Å². The Kier molecular flexibility index (Phi) is 8.55. The van der Waals surface area contributed by atoms with Crippen LogP contribution in [0.2, 0.25) is 0 Å². The van der Waals surface area contributed by atoms with Crippen LogP contribution in [0, 0.1) is 0 Å². The van der Waals surface area contributed by atoms with Crippen LogP contribution in [-0.4, -0.2) is 68.0 Å². The monoisotopic (exact) mass is 398 g/mol. The Labute approximate surface area is 158 Å².